The highest BCUT2D eigenvalue weighted by Crippen LogP contribution is 2.26. The van der Waals surface area contributed by atoms with E-state index in [1.165, 1.54) is 29.3 Å². The Morgan fingerprint density at radius 3 is 2.55 bits per heavy atom. The van der Waals surface area contributed by atoms with Crippen molar-refractivity contribution >= 4 is 34.2 Å². The van der Waals surface area contributed by atoms with Gasteiger partial charge in [-0.15, -0.1) is 0 Å². The maximum Gasteiger partial charge on any atom is 0.268 e. The number of aromatic nitrogens is 2. The van der Waals surface area contributed by atoms with Gasteiger partial charge in [0.25, 0.3) is 5.91 Å². The highest BCUT2D eigenvalue weighted by molar-refractivity contribution is 6.40. The van der Waals surface area contributed by atoms with Gasteiger partial charge in [-0.3, -0.25) is 14.6 Å². The molecule has 0 saturated carbocycles. The molecule has 0 fully saturated rings. The summed E-state index contributed by atoms with van der Waals surface area (Å²) in [6, 6.07) is 11.9. The van der Waals surface area contributed by atoms with E-state index in [-0.39, 0.29) is 24.1 Å². The maximum atomic E-state index is 13.3. The van der Waals surface area contributed by atoms with Crippen LogP contribution in [-0.4, -0.2) is 33.5 Å². The van der Waals surface area contributed by atoms with E-state index in [1.807, 2.05) is 38.1 Å². The molecule has 1 aliphatic heterocycles. The van der Waals surface area contributed by atoms with E-state index >= 15 is 0 Å². The number of H-pyrrole nitrogens is 1. The second kappa shape index (κ2) is 8.17. The number of hydrogen-bond donors (Lipinski definition) is 3. The minimum Gasteiger partial charge on any atom is -0.368 e. The van der Waals surface area contributed by atoms with Gasteiger partial charge in [-0.1, -0.05) is 26.0 Å². The van der Waals surface area contributed by atoms with Gasteiger partial charge in [0.05, 0.1) is 22.8 Å². The Balaban J connectivity index is 1.58. The summed E-state index contributed by atoms with van der Waals surface area (Å²) in [7, 11) is 0. The van der Waals surface area contributed by atoms with Crippen LogP contribution in [0.3, 0.4) is 0 Å². The third kappa shape index (κ3) is 4.11. The second-order valence-corrected chi connectivity index (χ2v) is 7.82. The fraction of sp³-hybridized carbons (Fsp3) is 0.273. The van der Waals surface area contributed by atoms with E-state index in [9.17, 15) is 14.0 Å². The van der Waals surface area contributed by atoms with E-state index < -0.39 is 23.7 Å². The molecule has 0 spiro atoms. The molecule has 2 amide bonds. The van der Waals surface area contributed by atoms with Crippen molar-refractivity contribution in [3.8, 4) is 0 Å². The van der Waals surface area contributed by atoms with Gasteiger partial charge in [-0.05, 0) is 42.3 Å². The SMILES string of the molecule is CC(C)C(NC(=O)C1=NN(c2ccc(F)cc2)C(C(N)=O)C1)c1nc2ccccc2[nH]1. The number of hydrazone groups is 1. The number of anilines is 1. The Labute approximate surface area is 178 Å². The van der Waals surface area contributed by atoms with E-state index in [0.29, 0.717) is 11.5 Å². The summed E-state index contributed by atoms with van der Waals surface area (Å²) < 4.78 is 13.3. The van der Waals surface area contributed by atoms with Crippen LogP contribution < -0.4 is 16.1 Å². The van der Waals surface area contributed by atoms with E-state index in [2.05, 4.69) is 20.4 Å². The largest absolute Gasteiger partial charge is 0.368 e. The summed E-state index contributed by atoms with van der Waals surface area (Å²) in [5.41, 5.74) is 7.87. The number of para-hydroxylation sites is 2. The zero-order valence-electron chi connectivity index (χ0n) is 17.2. The zero-order valence-corrected chi connectivity index (χ0v) is 17.2. The number of nitrogens with one attached hydrogen (secondary N) is 2. The number of halogens is 1. The molecule has 9 heteroatoms. The average molecular weight is 422 g/mol. The zero-order chi connectivity index (χ0) is 22.1. The molecule has 0 radical (unpaired) electrons. The number of carbonyl (C=O) groups excluding carboxylic acids is 2. The summed E-state index contributed by atoms with van der Waals surface area (Å²) in [5, 5.41) is 8.66. The van der Waals surface area contributed by atoms with Crippen molar-refractivity contribution in [3.63, 3.8) is 0 Å². The topological polar surface area (TPSA) is 116 Å². The third-order valence-corrected chi connectivity index (χ3v) is 5.25. The molecule has 1 aromatic heterocycles. The molecular formula is C22H23FN6O2. The van der Waals surface area contributed by atoms with Crippen LogP contribution in [0.1, 0.15) is 32.1 Å². The predicted molar refractivity (Wildman–Crippen MR) is 116 cm³/mol. The van der Waals surface area contributed by atoms with Crippen LogP contribution in [0.2, 0.25) is 0 Å². The molecule has 0 saturated heterocycles. The smallest absolute Gasteiger partial charge is 0.268 e. The highest BCUT2D eigenvalue weighted by Gasteiger charge is 2.36. The molecule has 160 valence electrons. The number of nitrogens with zero attached hydrogens (tertiary/aromatic N) is 3. The van der Waals surface area contributed by atoms with Gasteiger partial charge >= 0.3 is 0 Å². The number of imidazole rings is 1. The molecule has 4 rings (SSSR count). The fourth-order valence-electron chi connectivity index (χ4n) is 3.60. The fourth-order valence-corrected chi connectivity index (χ4v) is 3.60. The van der Waals surface area contributed by atoms with Gasteiger partial charge in [-0.2, -0.15) is 5.10 Å². The first-order valence-corrected chi connectivity index (χ1v) is 10.0. The molecule has 2 unspecified atom stereocenters. The van der Waals surface area contributed by atoms with Crippen LogP contribution in [0.15, 0.2) is 53.6 Å². The number of nitrogens with two attached hydrogens (primary N) is 1. The lowest BCUT2D eigenvalue weighted by Crippen LogP contribution is -2.40. The van der Waals surface area contributed by atoms with Crippen LogP contribution in [0.4, 0.5) is 10.1 Å². The molecular weight excluding hydrogens is 399 g/mol. The van der Waals surface area contributed by atoms with Crippen molar-refractivity contribution in [1.29, 1.82) is 0 Å². The number of aromatic amines is 1. The van der Waals surface area contributed by atoms with Gasteiger partial charge in [-0.25, -0.2) is 9.37 Å². The monoisotopic (exact) mass is 422 g/mol. The number of fused-ring (bicyclic) bond motifs is 1. The van der Waals surface area contributed by atoms with Crippen molar-refractivity contribution in [3.05, 3.63) is 60.2 Å². The first-order chi connectivity index (χ1) is 14.8. The maximum absolute atomic E-state index is 13.3. The lowest BCUT2D eigenvalue weighted by Gasteiger charge is -2.20. The summed E-state index contributed by atoms with van der Waals surface area (Å²) in [6.45, 7) is 3.96. The Morgan fingerprint density at radius 2 is 1.90 bits per heavy atom. The van der Waals surface area contributed by atoms with Gasteiger partial charge in [0.2, 0.25) is 5.91 Å². The first-order valence-electron chi connectivity index (χ1n) is 10.0. The van der Waals surface area contributed by atoms with Crippen LogP contribution in [0.5, 0.6) is 0 Å². The van der Waals surface area contributed by atoms with Gasteiger partial charge in [0, 0.05) is 6.42 Å². The van der Waals surface area contributed by atoms with Gasteiger partial charge < -0.3 is 16.0 Å². The lowest BCUT2D eigenvalue weighted by atomic mass is 10.0. The number of hydrogen-bond acceptors (Lipinski definition) is 5. The molecule has 8 nitrogen and oxygen atoms in total. The summed E-state index contributed by atoms with van der Waals surface area (Å²) in [5.74, 6) is -0.744. The summed E-state index contributed by atoms with van der Waals surface area (Å²) in [6.07, 6.45) is 0.0590. The minimum atomic E-state index is -0.824. The average Bonchev–Trinajstić information content (AvgIpc) is 3.37. The number of primary amides is 1. The van der Waals surface area contributed by atoms with E-state index in [0.717, 1.165) is 11.0 Å². The summed E-state index contributed by atoms with van der Waals surface area (Å²) >= 11 is 0. The molecule has 3 aromatic rings. The molecule has 31 heavy (non-hydrogen) atoms. The number of carbonyl (C=O) groups is 2. The number of amides is 2. The van der Waals surface area contributed by atoms with Crippen molar-refractivity contribution in [1.82, 2.24) is 15.3 Å². The number of benzene rings is 2. The molecule has 2 aromatic carbocycles. The Bertz CT molecular complexity index is 1120. The molecule has 1 aliphatic rings. The molecule has 2 heterocycles. The third-order valence-electron chi connectivity index (χ3n) is 5.25. The highest BCUT2D eigenvalue weighted by atomic mass is 19.1. The van der Waals surface area contributed by atoms with Gasteiger partial charge in [0.1, 0.15) is 23.4 Å². The quantitative estimate of drug-likeness (QED) is 0.566. The minimum absolute atomic E-state index is 0.0478. The van der Waals surface area contributed by atoms with E-state index in [4.69, 9.17) is 5.73 Å². The first kappa shape index (κ1) is 20.5. The summed E-state index contributed by atoms with van der Waals surface area (Å²) in [4.78, 5) is 32.8. The Kier molecular flexibility index (Phi) is 5.41. The standard InChI is InChI=1S/C22H23FN6O2/c1-12(2)19(21-25-15-5-3-4-6-16(15)26-21)27-22(31)17-11-18(20(24)30)29(28-17)14-9-7-13(23)8-10-14/h3-10,12,18-19H,11H2,1-2H3,(H2,24,30)(H,25,26)(H,27,31). The van der Waals surface area contributed by atoms with Crippen molar-refractivity contribution < 1.29 is 14.0 Å². The van der Waals surface area contributed by atoms with Crippen molar-refractivity contribution in [2.24, 2.45) is 16.8 Å². The Morgan fingerprint density at radius 1 is 1.19 bits per heavy atom. The van der Waals surface area contributed by atoms with Gasteiger partial charge in [0.15, 0.2) is 0 Å². The van der Waals surface area contributed by atoms with E-state index in [1.54, 1.807) is 0 Å². The predicted octanol–water partition coefficient (Wildman–Crippen LogP) is 2.64. The van der Waals surface area contributed by atoms with Crippen LogP contribution in [-0.2, 0) is 9.59 Å². The van der Waals surface area contributed by atoms with Crippen LogP contribution in [0.25, 0.3) is 11.0 Å². The van der Waals surface area contributed by atoms with Crippen molar-refractivity contribution in [2.75, 3.05) is 5.01 Å². The van der Waals surface area contributed by atoms with Crippen molar-refractivity contribution in [2.45, 2.75) is 32.4 Å². The van der Waals surface area contributed by atoms with Crippen LogP contribution in [0, 0.1) is 11.7 Å². The molecule has 2 atom stereocenters. The second-order valence-electron chi connectivity index (χ2n) is 7.82. The lowest BCUT2D eigenvalue weighted by molar-refractivity contribution is -0.119. The Hall–Kier alpha value is -3.75. The molecule has 4 N–H and O–H groups in total. The number of rotatable bonds is 6. The molecule has 0 aliphatic carbocycles. The molecule has 0 bridgehead atoms. The van der Waals surface area contributed by atoms with Crippen LogP contribution >= 0.6 is 0 Å². The normalized spacial score (nSPS) is 17.1.